The Morgan fingerprint density at radius 3 is 2.60 bits per heavy atom. The molecule has 6 rings (SSSR count). The predicted octanol–water partition coefficient (Wildman–Crippen LogP) is 7.08. The number of hydrogen-bond acceptors (Lipinski definition) is 2. The van der Waals surface area contributed by atoms with Crippen molar-refractivity contribution >= 4 is 5.69 Å². The fourth-order valence-corrected chi connectivity index (χ4v) is 8.85. The highest BCUT2D eigenvalue weighted by atomic mass is 16.7. The normalized spacial score (nSPS) is 45.1. The Bertz CT molecular complexity index is 843. The van der Waals surface area contributed by atoms with Crippen molar-refractivity contribution in [3.05, 3.63) is 41.5 Å². The van der Waals surface area contributed by atoms with E-state index in [1.807, 2.05) is 0 Å². The lowest BCUT2D eigenvalue weighted by molar-refractivity contribution is -0.0981. The van der Waals surface area contributed by atoms with Gasteiger partial charge in [-0.05, 0) is 104 Å². The van der Waals surface area contributed by atoms with E-state index in [0.29, 0.717) is 16.9 Å². The number of rotatable bonds is 1. The van der Waals surface area contributed by atoms with E-state index in [9.17, 15) is 0 Å². The maximum Gasteiger partial charge on any atom is 0.108 e. The molecule has 162 valence electrons. The van der Waals surface area contributed by atoms with E-state index in [0.717, 1.165) is 30.2 Å². The molecule has 30 heavy (non-hydrogen) atoms. The number of hydrogen-bond donors (Lipinski definition) is 0. The van der Waals surface area contributed by atoms with Crippen LogP contribution < -0.4 is 5.06 Å². The summed E-state index contributed by atoms with van der Waals surface area (Å²) in [4.78, 5) is 6.67. The molecule has 7 atom stereocenters. The minimum absolute atomic E-state index is 0.297. The third kappa shape index (κ3) is 2.71. The molecule has 0 N–H and O–H groups in total. The predicted molar refractivity (Wildman–Crippen MR) is 123 cm³/mol. The smallest absolute Gasteiger partial charge is 0.108 e. The van der Waals surface area contributed by atoms with Crippen molar-refractivity contribution < 1.29 is 4.84 Å². The maximum atomic E-state index is 6.67. The summed E-state index contributed by atoms with van der Waals surface area (Å²) in [5.41, 5.74) is 5.15. The summed E-state index contributed by atoms with van der Waals surface area (Å²) < 4.78 is 0. The van der Waals surface area contributed by atoms with Gasteiger partial charge in [0, 0.05) is 0 Å². The molecule has 0 amide bonds. The highest BCUT2D eigenvalue weighted by Crippen LogP contribution is 2.67. The fourth-order valence-electron chi connectivity index (χ4n) is 8.85. The second-order valence-electron chi connectivity index (χ2n) is 11.7. The maximum absolute atomic E-state index is 6.67. The van der Waals surface area contributed by atoms with Crippen LogP contribution in [0.3, 0.4) is 0 Å². The fraction of sp³-hybridized carbons (Fsp3) is 0.714. The molecule has 2 nitrogen and oxygen atoms in total. The van der Waals surface area contributed by atoms with E-state index in [1.54, 1.807) is 5.57 Å². The molecular formula is C28H39NO. The summed E-state index contributed by atoms with van der Waals surface area (Å²) in [6.45, 7) is 8.33. The van der Waals surface area contributed by atoms with Gasteiger partial charge in [0.25, 0.3) is 0 Å². The number of benzene rings is 1. The first-order chi connectivity index (χ1) is 14.5. The molecule has 1 unspecified atom stereocenters. The van der Waals surface area contributed by atoms with Crippen LogP contribution in [0.15, 0.2) is 35.9 Å². The van der Waals surface area contributed by atoms with Gasteiger partial charge in [-0.15, -0.1) is 0 Å². The largest absolute Gasteiger partial charge is 0.265 e. The first-order valence-electron chi connectivity index (χ1n) is 12.7. The molecule has 0 bridgehead atoms. The van der Waals surface area contributed by atoms with E-state index in [2.05, 4.69) is 56.2 Å². The number of hydroxylamine groups is 1. The van der Waals surface area contributed by atoms with Gasteiger partial charge in [0.15, 0.2) is 0 Å². The summed E-state index contributed by atoms with van der Waals surface area (Å²) in [5.74, 6) is 3.72. The molecule has 1 aromatic carbocycles. The van der Waals surface area contributed by atoms with Crippen LogP contribution >= 0.6 is 0 Å². The van der Waals surface area contributed by atoms with Crippen molar-refractivity contribution in [2.75, 3.05) is 11.6 Å². The van der Waals surface area contributed by atoms with Crippen LogP contribution in [0.25, 0.3) is 0 Å². The monoisotopic (exact) mass is 405 g/mol. The molecule has 2 heteroatoms. The van der Waals surface area contributed by atoms with Crippen molar-refractivity contribution in [3.8, 4) is 0 Å². The van der Waals surface area contributed by atoms with Crippen molar-refractivity contribution in [1.82, 2.24) is 0 Å². The van der Waals surface area contributed by atoms with Gasteiger partial charge >= 0.3 is 0 Å². The number of nitrogens with zero attached hydrogens (tertiary/aromatic N) is 1. The molecule has 0 radical (unpaired) electrons. The Balaban J connectivity index is 1.27. The van der Waals surface area contributed by atoms with Crippen LogP contribution in [0.4, 0.5) is 5.69 Å². The third-order valence-electron chi connectivity index (χ3n) is 10.5. The quantitative estimate of drug-likeness (QED) is 0.463. The topological polar surface area (TPSA) is 12.5 Å². The summed E-state index contributed by atoms with van der Waals surface area (Å²) in [5, 5.41) is 2.14. The van der Waals surface area contributed by atoms with Crippen molar-refractivity contribution in [2.45, 2.75) is 84.7 Å². The van der Waals surface area contributed by atoms with E-state index < -0.39 is 0 Å². The minimum Gasteiger partial charge on any atom is -0.265 e. The lowest BCUT2D eigenvalue weighted by Gasteiger charge is -2.60. The number of aryl methyl sites for hydroxylation is 1. The van der Waals surface area contributed by atoms with Crippen molar-refractivity contribution in [3.63, 3.8) is 0 Å². The summed E-state index contributed by atoms with van der Waals surface area (Å²) in [6.07, 6.45) is 15.8. The Morgan fingerprint density at radius 1 is 0.933 bits per heavy atom. The zero-order valence-corrected chi connectivity index (χ0v) is 19.2. The Labute approximate surface area is 183 Å². The zero-order chi connectivity index (χ0) is 20.5. The van der Waals surface area contributed by atoms with Crippen LogP contribution in [-0.2, 0) is 4.84 Å². The summed E-state index contributed by atoms with van der Waals surface area (Å²) in [7, 11) is 0. The van der Waals surface area contributed by atoms with Crippen LogP contribution in [0.2, 0.25) is 0 Å². The van der Waals surface area contributed by atoms with Gasteiger partial charge in [-0.3, -0.25) is 4.84 Å². The van der Waals surface area contributed by atoms with Gasteiger partial charge < -0.3 is 0 Å². The first-order valence-corrected chi connectivity index (χ1v) is 12.7. The highest BCUT2D eigenvalue weighted by molar-refractivity contribution is 5.47. The second kappa shape index (κ2) is 6.86. The third-order valence-corrected chi connectivity index (χ3v) is 10.5. The molecular weight excluding hydrogens is 366 g/mol. The van der Waals surface area contributed by atoms with Gasteiger partial charge in [-0.1, -0.05) is 50.5 Å². The molecule has 4 saturated carbocycles. The Kier molecular flexibility index (Phi) is 4.44. The van der Waals surface area contributed by atoms with Crippen LogP contribution in [0.5, 0.6) is 0 Å². The van der Waals surface area contributed by atoms with Crippen LogP contribution in [0.1, 0.15) is 77.2 Å². The minimum atomic E-state index is 0.297. The molecule has 1 heterocycles. The number of fused-ring (bicyclic) bond motifs is 7. The number of anilines is 1. The Morgan fingerprint density at radius 2 is 1.77 bits per heavy atom. The van der Waals surface area contributed by atoms with Crippen molar-refractivity contribution in [2.24, 2.45) is 34.5 Å². The molecule has 1 aromatic rings. The molecule has 5 aliphatic rings. The first kappa shape index (κ1) is 19.4. The second-order valence-corrected chi connectivity index (χ2v) is 11.7. The SMILES string of the molecule is Cc1ccc(N2CC=C3[C@H](C[C@H]4[C@@H]5CCC6CCCC[C@]6(C)[C@H]5CC[C@]34C)O2)cc1. The van der Waals surface area contributed by atoms with Crippen molar-refractivity contribution in [1.29, 1.82) is 0 Å². The summed E-state index contributed by atoms with van der Waals surface area (Å²) >= 11 is 0. The molecule has 4 fully saturated rings. The highest BCUT2D eigenvalue weighted by Gasteiger charge is 2.61. The van der Waals surface area contributed by atoms with Crippen LogP contribution in [0, 0.1) is 41.4 Å². The average Bonchev–Trinajstić information content (AvgIpc) is 3.06. The summed E-state index contributed by atoms with van der Waals surface area (Å²) in [6, 6.07) is 8.81. The van der Waals surface area contributed by atoms with E-state index in [1.165, 1.54) is 69.0 Å². The lowest BCUT2D eigenvalue weighted by Crippen LogP contribution is -2.52. The standard InChI is InChI=1S/C28H39NO/c1-19-7-10-21(11-8-19)29-17-14-24-26(30-29)18-25-22-12-9-20-6-4-5-15-27(20,2)23(22)13-16-28(24,25)3/h7-8,10-11,14,20,22-23,25-26H,4-6,9,12-13,15-18H2,1-3H3/t20?,22-,23+,25+,26+,27+,28-/m1/s1. The van der Waals surface area contributed by atoms with Crippen LogP contribution in [-0.4, -0.2) is 12.6 Å². The van der Waals surface area contributed by atoms with Gasteiger partial charge in [0.05, 0.1) is 12.2 Å². The molecule has 0 saturated heterocycles. The van der Waals surface area contributed by atoms with E-state index in [-0.39, 0.29) is 0 Å². The van der Waals surface area contributed by atoms with Gasteiger partial charge in [0.2, 0.25) is 0 Å². The van der Waals surface area contributed by atoms with Gasteiger partial charge in [-0.2, -0.15) is 0 Å². The van der Waals surface area contributed by atoms with Gasteiger partial charge in [0.1, 0.15) is 6.10 Å². The molecule has 1 aliphatic heterocycles. The zero-order valence-electron chi connectivity index (χ0n) is 19.2. The Hall–Kier alpha value is -1.28. The van der Waals surface area contributed by atoms with E-state index >= 15 is 0 Å². The van der Waals surface area contributed by atoms with E-state index in [4.69, 9.17) is 4.84 Å². The van der Waals surface area contributed by atoms with Gasteiger partial charge in [-0.25, -0.2) is 5.06 Å². The lowest BCUT2D eigenvalue weighted by atomic mass is 9.45. The molecule has 0 spiro atoms. The molecule has 4 aliphatic carbocycles. The molecule has 0 aromatic heterocycles. The average molecular weight is 406 g/mol.